The number of thiophene rings is 1. The first-order valence-electron chi connectivity index (χ1n) is 6.94. The zero-order valence-corrected chi connectivity index (χ0v) is 13.0. The highest BCUT2D eigenvalue weighted by atomic mass is 32.1. The van der Waals surface area contributed by atoms with Gasteiger partial charge in [-0.25, -0.2) is 4.39 Å². The van der Waals surface area contributed by atoms with E-state index >= 15 is 0 Å². The van der Waals surface area contributed by atoms with Crippen molar-refractivity contribution in [3.8, 4) is 0 Å². The zero-order chi connectivity index (χ0) is 15.9. The van der Waals surface area contributed by atoms with Gasteiger partial charge in [0.2, 0.25) is 5.91 Å². The maximum atomic E-state index is 12.9. The normalized spacial score (nSPS) is 10.3. The summed E-state index contributed by atoms with van der Waals surface area (Å²) < 4.78 is 12.9. The van der Waals surface area contributed by atoms with E-state index in [9.17, 15) is 14.0 Å². The van der Waals surface area contributed by atoms with Crippen molar-refractivity contribution in [3.05, 3.63) is 58.0 Å². The summed E-state index contributed by atoms with van der Waals surface area (Å²) in [5.74, 6) is -0.896. The Morgan fingerprint density at radius 3 is 2.55 bits per heavy atom. The summed E-state index contributed by atoms with van der Waals surface area (Å²) in [6, 6.07) is 9.17. The highest BCUT2D eigenvalue weighted by Gasteiger charge is 2.17. The van der Waals surface area contributed by atoms with Crippen LogP contribution >= 0.6 is 11.3 Å². The Labute approximate surface area is 132 Å². The first-order valence-corrected chi connectivity index (χ1v) is 7.82. The van der Waals surface area contributed by atoms with Crippen LogP contribution in [0.15, 0.2) is 41.8 Å². The first kappa shape index (κ1) is 16.2. The molecule has 0 saturated carbocycles. The van der Waals surface area contributed by atoms with Gasteiger partial charge in [-0.15, -0.1) is 11.3 Å². The molecule has 1 aromatic heterocycles. The lowest BCUT2D eigenvalue weighted by molar-refractivity contribution is -0.121. The van der Waals surface area contributed by atoms with Crippen molar-refractivity contribution in [3.63, 3.8) is 0 Å². The third-order valence-corrected chi connectivity index (χ3v) is 4.01. The van der Waals surface area contributed by atoms with Crippen LogP contribution in [0.5, 0.6) is 0 Å². The van der Waals surface area contributed by atoms with E-state index in [0.717, 1.165) is 4.88 Å². The molecule has 2 aromatic rings. The van der Waals surface area contributed by atoms with Gasteiger partial charge in [0.25, 0.3) is 5.91 Å². The lowest BCUT2D eigenvalue weighted by atomic mass is 10.2. The van der Waals surface area contributed by atoms with Crippen molar-refractivity contribution >= 4 is 23.2 Å². The van der Waals surface area contributed by atoms with Crippen LogP contribution in [0.25, 0.3) is 0 Å². The van der Waals surface area contributed by atoms with E-state index in [4.69, 9.17) is 0 Å². The average Bonchev–Trinajstić information content (AvgIpc) is 3.04. The summed E-state index contributed by atoms with van der Waals surface area (Å²) in [6.45, 7) is 2.65. The van der Waals surface area contributed by atoms with E-state index in [0.29, 0.717) is 18.7 Å². The van der Waals surface area contributed by atoms with Gasteiger partial charge in [-0.3, -0.25) is 9.59 Å². The fourth-order valence-electron chi connectivity index (χ4n) is 1.93. The van der Waals surface area contributed by atoms with Crippen LogP contribution in [0.3, 0.4) is 0 Å². The lowest BCUT2D eigenvalue weighted by Crippen LogP contribution is -2.40. The zero-order valence-electron chi connectivity index (χ0n) is 12.2. The Kier molecular flexibility index (Phi) is 5.66. The molecule has 0 atom stereocenters. The maximum Gasteiger partial charge on any atom is 0.254 e. The van der Waals surface area contributed by atoms with Gasteiger partial charge in [-0.1, -0.05) is 6.07 Å². The molecule has 0 radical (unpaired) electrons. The van der Waals surface area contributed by atoms with Crippen LogP contribution in [0, 0.1) is 5.82 Å². The molecule has 1 heterocycles. The third-order valence-electron chi connectivity index (χ3n) is 3.13. The molecule has 1 aromatic carbocycles. The fraction of sp³-hybridized carbons (Fsp3) is 0.250. The standard InChI is InChI=1S/C16H17FN2O2S/c1-2-19(16(21)12-5-7-13(17)8-6-12)11-15(20)18-10-14-4-3-9-22-14/h3-9H,2,10-11H2,1H3,(H,18,20). The van der Waals surface area contributed by atoms with Crippen molar-refractivity contribution in [1.82, 2.24) is 10.2 Å². The van der Waals surface area contributed by atoms with Gasteiger partial charge in [0.05, 0.1) is 13.1 Å². The van der Waals surface area contributed by atoms with Crippen molar-refractivity contribution in [2.45, 2.75) is 13.5 Å². The minimum Gasteiger partial charge on any atom is -0.350 e. The largest absolute Gasteiger partial charge is 0.350 e. The molecule has 0 unspecified atom stereocenters. The smallest absolute Gasteiger partial charge is 0.254 e. The SMILES string of the molecule is CCN(CC(=O)NCc1cccs1)C(=O)c1ccc(F)cc1. The minimum atomic E-state index is -0.395. The topological polar surface area (TPSA) is 49.4 Å². The molecule has 2 rings (SSSR count). The van der Waals surface area contributed by atoms with Gasteiger partial charge in [0.15, 0.2) is 0 Å². The highest BCUT2D eigenvalue weighted by Crippen LogP contribution is 2.08. The Bertz CT molecular complexity index is 626. The first-order chi connectivity index (χ1) is 10.6. The van der Waals surface area contributed by atoms with Crippen LogP contribution in [0.2, 0.25) is 0 Å². The van der Waals surface area contributed by atoms with Crippen LogP contribution in [-0.2, 0) is 11.3 Å². The summed E-state index contributed by atoms with van der Waals surface area (Å²) in [7, 11) is 0. The molecule has 0 aliphatic heterocycles. The number of benzene rings is 1. The van der Waals surface area contributed by atoms with Crippen LogP contribution in [0.4, 0.5) is 4.39 Å². The number of nitrogens with one attached hydrogen (secondary N) is 1. The average molecular weight is 320 g/mol. The molecule has 0 bridgehead atoms. The van der Waals surface area contributed by atoms with Crippen molar-refractivity contribution in [2.24, 2.45) is 0 Å². The van der Waals surface area contributed by atoms with E-state index in [1.165, 1.54) is 29.2 Å². The second-order valence-corrected chi connectivity index (χ2v) is 5.71. The minimum absolute atomic E-state index is 0.0158. The molecule has 0 fully saturated rings. The number of nitrogens with zero attached hydrogens (tertiary/aromatic N) is 1. The van der Waals surface area contributed by atoms with Gasteiger partial charge in [0, 0.05) is 17.0 Å². The fourth-order valence-corrected chi connectivity index (χ4v) is 2.57. The van der Waals surface area contributed by atoms with Gasteiger partial charge in [0.1, 0.15) is 5.82 Å². The van der Waals surface area contributed by atoms with Gasteiger partial charge in [-0.05, 0) is 42.6 Å². The molecule has 116 valence electrons. The summed E-state index contributed by atoms with van der Waals surface area (Å²) in [4.78, 5) is 26.7. The summed E-state index contributed by atoms with van der Waals surface area (Å²) in [6.07, 6.45) is 0. The molecule has 0 saturated heterocycles. The molecule has 0 aliphatic rings. The second-order valence-electron chi connectivity index (χ2n) is 4.68. The Morgan fingerprint density at radius 1 is 1.23 bits per heavy atom. The quantitative estimate of drug-likeness (QED) is 0.889. The monoisotopic (exact) mass is 320 g/mol. The van der Waals surface area contributed by atoms with E-state index in [2.05, 4.69) is 5.32 Å². The van der Waals surface area contributed by atoms with E-state index in [1.54, 1.807) is 18.3 Å². The number of rotatable bonds is 6. The molecular formula is C16H17FN2O2S. The van der Waals surface area contributed by atoms with Crippen molar-refractivity contribution in [1.29, 1.82) is 0 Å². The number of halogens is 1. The highest BCUT2D eigenvalue weighted by molar-refractivity contribution is 7.09. The van der Waals surface area contributed by atoms with Crippen molar-refractivity contribution in [2.75, 3.05) is 13.1 Å². The molecular weight excluding hydrogens is 303 g/mol. The predicted molar refractivity (Wildman–Crippen MR) is 84.1 cm³/mol. The number of carbonyl (C=O) groups is 2. The molecule has 4 nitrogen and oxygen atoms in total. The lowest BCUT2D eigenvalue weighted by Gasteiger charge is -2.20. The Hall–Kier alpha value is -2.21. The maximum absolute atomic E-state index is 12.9. The molecule has 1 N–H and O–H groups in total. The number of likely N-dealkylation sites (N-methyl/N-ethyl adjacent to an activating group) is 1. The Balaban J connectivity index is 1.91. The molecule has 0 spiro atoms. The third kappa shape index (κ3) is 4.39. The second kappa shape index (κ2) is 7.70. The van der Waals surface area contributed by atoms with Crippen LogP contribution < -0.4 is 5.32 Å². The predicted octanol–water partition coefficient (Wildman–Crippen LogP) is 2.67. The van der Waals surface area contributed by atoms with Gasteiger partial charge >= 0.3 is 0 Å². The van der Waals surface area contributed by atoms with E-state index < -0.39 is 5.82 Å². The van der Waals surface area contributed by atoms with Crippen LogP contribution in [-0.4, -0.2) is 29.8 Å². The van der Waals surface area contributed by atoms with Crippen LogP contribution in [0.1, 0.15) is 22.2 Å². The van der Waals surface area contributed by atoms with Crippen molar-refractivity contribution < 1.29 is 14.0 Å². The Morgan fingerprint density at radius 2 is 1.95 bits per heavy atom. The number of hydrogen-bond acceptors (Lipinski definition) is 3. The van der Waals surface area contributed by atoms with E-state index in [1.807, 2.05) is 17.5 Å². The molecule has 6 heteroatoms. The summed E-state index contributed by atoms with van der Waals surface area (Å²) in [5, 5.41) is 4.73. The van der Waals surface area contributed by atoms with Gasteiger partial charge < -0.3 is 10.2 Å². The molecule has 22 heavy (non-hydrogen) atoms. The summed E-state index contributed by atoms with van der Waals surface area (Å²) in [5.41, 5.74) is 0.370. The van der Waals surface area contributed by atoms with E-state index in [-0.39, 0.29) is 18.4 Å². The number of hydrogen-bond donors (Lipinski definition) is 1. The molecule has 0 aliphatic carbocycles. The number of amides is 2. The van der Waals surface area contributed by atoms with Gasteiger partial charge in [-0.2, -0.15) is 0 Å². The summed E-state index contributed by atoms with van der Waals surface area (Å²) >= 11 is 1.56. The number of carbonyl (C=O) groups excluding carboxylic acids is 2. The molecule has 2 amide bonds.